The zero-order valence-corrected chi connectivity index (χ0v) is 12.3. The largest absolute Gasteiger partial charge is 0.512 e. The predicted molar refractivity (Wildman–Crippen MR) is 69.2 cm³/mol. The summed E-state index contributed by atoms with van der Waals surface area (Å²) in [5.74, 6) is -1.34. The van der Waals surface area contributed by atoms with Crippen LogP contribution in [0, 0.1) is 10.8 Å². The number of rotatable bonds is 7. The van der Waals surface area contributed by atoms with Crippen molar-refractivity contribution < 1.29 is 27.5 Å². The number of carbonyl (C=O) groups is 1. The second kappa shape index (κ2) is 6.59. The van der Waals surface area contributed by atoms with E-state index in [4.69, 9.17) is 0 Å². The molecule has 0 aromatic rings. The summed E-state index contributed by atoms with van der Waals surface area (Å²) in [5, 5.41) is 9.97. The molecular formula is C14H22F4O2. The molecule has 0 aliphatic rings. The van der Waals surface area contributed by atoms with Gasteiger partial charge in [-0.1, -0.05) is 27.7 Å². The zero-order chi connectivity index (χ0) is 16.2. The third-order valence-corrected chi connectivity index (χ3v) is 3.70. The lowest BCUT2D eigenvalue weighted by Crippen LogP contribution is -2.31. The van der Waals surface area contributed by atoms with Crippen molar-refractivity contribution in [1.29, 1.82) is 0 Å². The smallest absolute Gasteiger partial charge is 0.390 e. The first-order valence-corrected chi connectivity index (χ1v) is 6.52. The first kappa shape index (κ1) is 18.9. The number of allylic oxidation sites excluding steroid dienone is 2. The molecule has 0 atom stereocenters. The Morgan fingerprint density at radius 3 is 1.90 bits per heavy atom. The molecule has 20 heavy (non-hydrogen) atoms. The van der Waals surface area contributed by atoms with E-state index in [1.165, 1.54) is 27.7 Å². The quantitative estimate of drug-likeness (QED) is 0.418. The Morgan fingerprint density at radius 2 is 1.60 bits per heavy atom. The third-order valence-electron chi connectivity index (χ3n) is 3.70. The van der Waals surface area contributed by atoms with Crippen LogP contribution in [0.25, 0.3) is 0 Å². The molecule has 0 unspecified atom stereocenters. The summed E-state index contributed by atoms with van der Waals surface area (Å²) >= 11 is 0. The van der Waals surface area contributed by atoms with Gasteiger partial charge in [0.25, 0.3) is 0 Å². The average Bonchev–Trinajstić information content (AvgIpc) is 2.34. The topological polar surface area (TPSA) is 37.3 Å². The number of hydrogen-bond acceptors (Lipinski definition) is 2. The molecule has 0 aliphatic heterocycles. The standard InChI is InChI=1S/C14H22F4O2/c1-5-13(6-2,8-14(16,17)18)11(20)7-10(19)12(3,4)9-15/h7,20H,5-6,8-9H2,1-4H3/b11-7-. The molecule has 0 rings (SSSR count). The van der Waals surface area contributed by atoms with Gasteiger partial charge in [0.15, 0.2) is 5.78 Å². The minimum atomic E-state index is -4.45. The van der Waals surface area contributed by atoms with E-state index in [1.807, 2.05) is 0 Å². The average molecular weight is 298 g/mol. The first-order chi connectivity index (χ1) is 8.94. The van der Waals surface area contributed by atoms with E-state index in [2.05, 4.69) is 0 Å². The molecule has 0 aliphatic carbocycles. The number of aliphatic hydroxyl groups is 1. The molecule has 0 aromatic heterocycles. The molecule has 2 nitrogen and oxygen atoms in total. The van der Waals surface area contributed by atoms with Gasteiger partial charge >= 0.3 is 6.18 Å². The van der Waals surface area contributed by atoms with Crippen LogP contribution in [0.15, 0.2) is 11.8 Å². The van der Waals surface area contributed by atoms with Gasteiger partial charge in [-0.2, -0.15) is 13.2 Å². The Bertz CT molecular complexity index is 366. The lowest BCUT2D eigenvalue weighted by Gasteiger charge is -2.32. The maximum Gasteiger partial charge on any atom is 0.390 e. The van der Waals surface area contributed by atoms with Crippen LogP contribution in [0.5, 0.6) is 0 Å². The predicted octanol–water partition coefficient (Wildman–Crippen LogP) is 4.75. The number of carbonyl (C=O) groups excluding carboxylic acids is 1. The molecule has 0 spiro atoms. The van der Waals surface area contributed by atoms with Crippen molar-refractivity contribution in [2.75, 3.05) is 6.67 Å². The Kier molecular flexibility index (Phi) is 6.24. The second-order valence-electron chi connectivity index (χ2n) is 5.69. The molecule has 0 amide bonds. The molecule has 6 heteroatoms. The maximum atomic E-state index is 12.7. The van der Waals surface area contributed by atoms with Crippen LogP contribution in [-0.4, -0.2) is 23.7 Å². The van der Waals surface area contributed by atoms with Crippen molar-refractivity contribution in [1.82, 2.24) is 0 Å². The van der Waals surface area contributed by atoms with Crippen molar-refractivity contribution in [3.63, 3.8) is 0 Å². The number of aliphatic hydroxyl groups excluding tert-OH is 1. The highest BCUT2D eigenvalue weighted by Gasteiger charge is 2.43. The van der Waals surface area contributed by atoms with Crippen molar-refractivity contribution in [2.24, 2.45) is 10.8 Å². The Hall–Kier alpha value is -1.07. The summed E-state index contributed by atoms with van der Waals surface area (Å²) in [6.07, 6.45) is -4.84. The van der Waals surface area contributed by atoms with Crippen LogP contribution in [0.2, 0.25) is 0 Å². The van der Waals surface area contributed by atoms with Gasteiger partial charge in [0, 0.05) is 11.5 Å². The second-order valence-corrected chi connectivity index (χ2v) is 5.69. The highest BCUT2D eigenvalue weighted by Crippen LogP contribution is 2.43. The number of ketones is 1. The van der Waals surface area contributed by atoms with E-state index < -0.39 is 41.6 Å². The van der Waals surface area contributed by atoms with Crippen molar-refractivity contribution in [3.05, 3.63) is 11.8 Å². The molecule has 118 valence electrons. The summed E-state index contributed by atoms with van der Waals surface area (Å²) in [4.78, 5) is 11.8. The minimum Gasteiger partial charge on any atom is -0.512 e. The number of alkyl halides is 4. The minimum absolute atomic E-state index is 0.0364. The van der Waals surface area contributed by atoms with Crippen LogP contribution in [0.4, 0.5) is 17.6 Å². The number of hydrogen-bond donors (Lipinski definition) is 1. The Labute approximate surface area is 116 Å². The van der Waals surface area contributed by atoms with E-state index in [0.717, 1.165) is 6.08 Å². The molecule has 0 bridgehead atoms. The van der Waals surface area contributed by atoms with Crippen LogP contribution < -0.4 is 0 Å². The highest BCUT2D eigenvalue weighted by atomic mass is 19.4. The SMILES string of the molecule is CCC(CC)(CC(F)(F)F)/C(O)=C/C(=O)C(C)(C)CF. The lowest BCUT2D eigenvalue weighted by molar-refractivity contribution is -0.158. The van der Waals surface area contributed by atoms with Gasteiger partial charge in [0.2, 0.25) is 0 Å². The van der Waals surface area contributed by atoms with Crippen LogP contribution in [-0.2, 0) is 4.79 Å². The van der Waals surface area contributed by atoms with Gasteiger partial charge < -0.3 is 5.11 Å². The van der Waals surface area contributed by atoms with Crippen molar-refractivity contribution in [2.45, 2.75) is 53.1 Å². The van der Waals surface area contributed by atoms with E-state index in [1.54, 1.807) is 0 Å². The summed E-state index contributed by atoms with van der Waals surface area (Å²) < 4.78 is 50.6. The molecule has 0 heterocycles. The van der Waals surface area contributed by atoms with E-state index >= 15 is 0 Å². The van der Waals surface area contributed by atoms with Gasteiger partial charge in [0.05, 0.1) is 11.8 Å². The first-order valence-electron chi connectivity index (χ1n) is 6.52. The molecule has 0 aromatic carbocycles. The molecule has 1 N–H and O–H groups in total. The molecule has 0 saturated carbocycles. The van der Waals surface area contributed by atoms with Gasteiger partial charge in [-0.05, 0) is 12.8 Å². The molecule has 0 radical (unpaired) electrons. The van der Waals surface area contributed by atoms with Crippen molar-refractivity contribution in [3.8, 4) is 0 Å². The monoisotopic (exact) mass is 298 g/mol. The van der Waals surface area contributed by atoms with Gasteiger partial charge in [0.1, 0.15) is 12.4 Å². The van der Waals surface area contributed by atoms with E-state index in [-0.39, 0.29) is 12.8 Å². The van der Waals surface area contributed by atoms with Gasteiger partial charge in [-0.15, -0.1) is 0 Å². The molecule has 0 saturated heterocycles. The summed E-state index contributed by atoms with van der Waals surface area (Å²) in [7, 11) is 0. The fourth-order valence-corrected chi connectivity index (χ4v) is 1.87. The highest BCUT2D eigenvalue weighted by molar-refractivity contribution is 5.94. The van der Waals surface area contributed by atoms with Crippen LogP contribution >= 0.6 is 0 Å². The fourth-order valence-electron chi connectivity index (χ4n) is 1.87. The zero-order valence-electron chi connectivity index (χ0n) is 12.3. The summed E-state index contributed by atoms with van der Waals surface area (Å²) in [6, 6.07) is 0. The van der Waals surface area contributed by atoms with Gasteiger partial charge in [-0.3, -0.25) is 9.18 Å². The Morgan fingerprint density at radius 1 is 1.15 bits per heavy atom. The molecule has 0 fully saturated rings. The Balaban J connectivity index is 5.46. The van der Waals surface area contributed by atoms with Crippen LogP contribution in [0.1, 0.15) is 47.0 Å². The summed E-state index contributed by atoms with van der Waals surface area (Å²) in [5.41, 5.74) is -2.88. The molecular weight excluding hydrogens is 276 g/mol. The normalized spacial score (nSPS) is 14.5. The van der Waals surface area contributed by atoms with E-state index in [9.17, 15) is 27.5 Å². The third kappa shape index (κ3) is 4.80. The van der Waals surface area contributed by atoms with Crippen LogP contribution in [0.3, 0.4) is 0 Å². The van der Waals surface area contributed by atoms with E-state index in [0.29, 0.717) is 0 Å². The van der Waals surface area contributed by atoms with Crippen molar-refractivity contribution >= 4 is 5.78 Å². The lowest BCUT2D eigenvalue weighted by atomic mass is 9.75. The van der Waals surface area contributed by atoms with Gasteiger partial charge in [-0.25, -0.2) is 0 Å². The maximum absolute atomic E-state index is 12.7. The number of halogens is 4. The summed E-state index contributed by atoms with van der Waals surface area (Å²) in [6.45, 7) is 4.76. The fraction of sp³-hybridized carbons (Fsp3) is 0.786.